The van der Waals surface area contributed by atoms with Crippen LogP contribution < -0.4 is 9.80 Å². The Balaban J connectivity index is 2.20. The number of Topliss-reactive ketones (excluding diaryl/α,β-unsaturated/α-hetero) is 1. The lowest BCUT2D eigenvalue weighted by atomic mass is 9.86. The van der Waals surface area contributed by atoms with Gasteiger partial charge in [-0.1, -0.05) is 24.3 Å². The van der Waals surface area contributed by atoms with E-state index < -0.39 is 11.8 Å². The van der Waals surface area contributed by atoms with Crippen LogP contribution in [0.15, 0.2) is 77.4 Å². The van der Waals surface area contributed by atoms with E-state index in [-0.39, 0.29) is 5.57 Å². The fraction of sp³-hybridized carbons (Fsp3) is 0.310. The number of benzene rings is 2. The van der Waals surface area contributed by atoms with E-state index in [1.165, 1.54) is 6.08 Å². The predicted octanol–water partition coefficient (Wildman–Crippen LogP) is 5.72. The van der Waals surface area contributed by atoms with Gasteiger partial charge in [-0.25, -0.2) is 4.79 Å². The number of carboxylic acids is 1. The van der Waals surface area contributed by atoms with Gasteiger partial charge >= 0.3 is 5.97 Å². The van der Waals surface area contributed by atoms with Crippen molar-refractivity contribution in [3.8, 4) is 0 Å². The molecule has 0 saturated heterocycles. The Morgan fingerprint density at radius 3 is 1.50 bits per heavy atom. The monoisotopic (exact) mass is 458 g/mol. The molecular weight excluding hydrogens is 424 g/mol. The second-order valence-electron chi connectivity index (χ2n) is 8.29. The number of hydrogen-bond acceptors (Lipinski definition) is 4. The molecule has 0 unspecified atom stereocenters. The fourth-order valence-electron chi connectivity index (χ4n) is 4.43. The summed E-state index contributed by atoms with van der Waals surface area (Å²) in [4.78, 5) is 28.8. The standard InChI is InChI=1S/C29H34N2O3/c1-6-30(7-2)24-14-10-21(11-15-24)27(22-12-16-25(17-13-22)31(8-3)9-4)23-18-20(5)28(32)26(19-23)29(33)34/h10-19H,6-9H2,1-5H3,(H,33,34). The number of rotatable bonds is 9. The fourth-order valence-corrected chi connectivity index (χ4v) is 4.43. The molecule has 178 valence electrons. The first-order valence-electron chi connectivity index (χ1n) is 12.0. The Bertz CT molecular complexity index is 1070. The van der Waals surface area contributed by atoms with Crippen molar-refractivity contribution in [2.45, 2.75) is 34.6 Å². The van der Waals surface area contributed by atoms with E-state index in [2.05, 4.69) is 86.0 Å². The number of ketones is 1. The summed E-state index contributed by atoms with van der Waals surface area (Å²) in [5.41, 5.74) is 6.08. The van der Waals surface area contributed by atoms with Crippen molar-refractivity contribution in [3.63, 3.8) is 0 Å². The number of carbonyl (C=O) groups is 2. The van der Waals surface area contributed by atoms with E-state index in [0.29, 0.717) is 5.57 Å². The minimum atomic E-state index is -1.21. The summed E-state index contributed by atoms with van der Waals surface area (Å²) in [6, 6.07) is 16.7. The van der Waals surface area contributed by atoms with Crippen LogP contribution in [0.2, 0.25) is 0 Å². The maximum Gasteiger partial charge on any atom is 0.339 e. The average molecular weight is 459 g/mol. The van der Waals surface area contributed by atoms with Crippen LogP contribution in [0, 0.1) is 0 Å². The lowest BCUT2D eigenvalue weighted by molar-refractivity contribution is -0.134. The Hall–Kier alpha value is -3.60. The van der Waals surface area contributed by atoms with E-state index in [0.717, 1.165) is 59.8 Å². The molecule has 0 aromatic heterocycles. The Kier molecular flexibility index (Phi) is 8.11. The lowest BCUT2D eigenvalue weighted by Gasteiger charge is -2.23. The predicted molar refractivity (Wildman–Crippen MR) is 141 cm³/mol. The van der Waals surface area contributed by atoms with E-state index in [4.69, 9.17) is 0 Å². The maximum atomic E-state index is 12.4. The molecule has 0 heterocycles. The zero-order valence-corrected chi connectivity index (χ0v) is 20.8. The van der Waals surface area contributed by atoms with E-state index in [1.807, 2.05) is 0 Å². The van der Waals surface area contributed by atoms with E-state index >= 15 is 0 Å². The van der Waals surface area contributed by atoms with Crippen molar-refractivity contribution in [2.75, 3.05) is 36.0 Å². The molecular formula is C29H34N2O3. The maximum absolute atomic E-state index is 12.4. The Morgan fingerprint density at radius 2 is 1.15 bits per heavy atom. The van der Waals surface area contributed by atoms with Gasteiger partial charge in [0, 0.05) is 37.6 Å². The van der Waals surface area contributed by atoms with Gasteiger partial charge in [-0.3, -0.25) is 4.79 Å². The summed E-state index contributed by atoms with van der Waals surface area (Å²) < 4.78 is 0. The Morgan fingerprint density at radius 1 is 0.735 bits per heavy atom. The van der Waals surface area contributed by atoms with Crippen LogP contribution in [0.25, 0.3) is 5.57 Å². The van der Waals surface area contributed by atoms with Gasteiger partial charge in [0.1, 0.15) is 5.57 Å². The third-order valence-corrected chi connectivity index (χ3v) is 6.36. The molecule has 1 aliphatic rings. The summed E-state index contributed by atoms with van der Waals surface area (Å²) in [6.45, 7) is 13.9. The van der Waals surface area contributed by atoms with Crippen LogP contribution in [-0.4, -0.2) is 43.0 Å². The first kappa shape index (κ1) is 25.0. The first-order valence-corrected chi connectivity index (χ1v) is 12.0. The third-order valence-electron chi connectivity index (χ3n) is 6.36. The second kappa shape index (κ2) is 11.0. The normalized spacial score (nSPS) is 13.3. The molecule has 34 heavy (non-hydrogen) atoms. The van der Waals surface area contributed by atoms with Crippen molar-refractivity contribution in [1.29, 1.82) is 0 Å². The summed E-state index contributed by atoms with van der Waals surface area (Å²) in [5.74, 6) is -1.65. The number of aliphatic carboxylic acids is 1. The highest BCUT2D eigenvalue weighted by Crippen LogP contribution is 2.34. The van der Waals surface area contributed by atoms with Gasteiger partial charge < -0.3 is 14.9 Å². The van der Waals surface area contributed by atoms with E-state index in [9.17, 15) is 14.7 Å². The van der Waals surface area contributed by atoms with Crippen molar-refractivity contribution in [3.05, 3.63) is 88.5 Å². The summed E-state index contributed by atoms with van der Waals surface area (Å²) in [7, 11) is 0. The molecule has 0 bridgehead atoms. The molecule has 0 aliphatic heterocycles. The van der Waals surface area contributed by atoms with Crippen LogP contribution in [-0.2, 0) is 9.59 Å². The minimum absolute atomic E-state index is 0.202. The molecule has 1 N–H and O–H groups in total. The topological polar surface area (TPSA) is 60.9 Å². The average Bonchev–Trinajstić information content (AvgIpc) is 2.84. The SMILES string of the molecule is CCN(CC)c1ccc(C(=C2C=C(C)C(=O)C(C(=O)O)=C2)c2ccc(N(CC)CC)cc2)cc1. The highest BCUT2D eigenvalue weighted by molar-refractivity contribution is 6.25. The number of allylic oxidation sites excluding steroid dienone is 4. The zero-order valence-electron chi connectivity index (χ0n) is 20.8. The second-order valence-corrected chi connectivity index (χ2v) is 8.29. The zero-order chi connectivity index (χ0) is 24.8. The highest BCUT2D eigenvalue weighted by Gasteiger charge is 2.24. The molecule has 0 saturated carbocycles. The van der Waals surface area contributed by atoms with Crippen molar-refractivity contribution in [1.82, 2.24) is 0 Å². The molecule has 0 fully saturated rings. The summed E-state index contributed by atoms with van der Waals surface area (Å²) >= 11 is 0. The number of nitrogens with zero attached hydrogens (tertiary/aromatic N) is 2. The largest absolute Gasteiger partial charge is 0.478 e. The van der Waals surface area contributed by atoms with Gasteiger partial charge in [-0.15, -0.1) is 0 Å². The van der Waals surface area contributed by atoms with Gasteiger partial charge in [0.2, 0.25) is 0 Å². The number of carbonyl (C=O) groups excluding carboxylic acids is 1. The van der Waals surface area contributed by atoms with Crippen LogP contribution in [0.3, 0.4) is 0 Å². The van der Waals surface area contributed by atoms with E-state index in [1.54, 1.807) is 13.0 Å². The Labute approximate surface area is 202 Å². The molecule has 5 heteroatoms. The molecule has 0 radical (unpaired) electrons. The smallest absolute Gasteiger partial charge is 0.339 e. The molecule has 0 spiro atoms. The number of anilines is 2. The van der Waals surface area contributed by atoms with Crippen LogP contribution in [0.4, 0.5) is 11.4 Å². The molecule has 5 nitrogen and oxygen atoms in total. The molecule has 2 aromatic carbocycles. The first-order chi connectivity index (χ1) is 16.3. The minimum Gasteiger partial charge on any atom is -0.478 e. The van der Waals surface area contributed by atoms with Gasteiger partial charge in [0.05, 0.1) is 0 Å². The van der Waals surface area contributed by atoms with Gasteiger partial charge in [0.25, 0.3) is 0 Å². The lowest BCUT2D eigenvalue weighted by Crippen LogP contribution is -2.21. The molecule has 0 atom stereocenters. The van der Waals surface area contributed by atoms with Crippen LogP contribution in [0.1, 0.15) is 45.7 Å². The van der Waals surface area contributed by atoms with Crippen molar-refractivity contribution in [2.24, 2.45) is 0 Å². The van der Waals surface area contributed by atoms with Crippen LogP contribution >= 0.6 is 0 Å². The highest BCUT2D eigenvalue weighted by atomic mass is 16.4. The third kappa shape index (κ3) is 5.14. The quantitative estimate of drug-likeness (QED) is 0.487. The van der Waals surface area contributed by atoms with Gasteiger partial charge in [-0.05, 0) is 98.9 Å². The molecule has 3 rings (SSSR count). The summed E-state index contributed by atoms with van der Waals surface area (Å²) in [5, 5.41) is 9.62. The molecule has 0 amide bonds. The van der Waals surface area contributed by atoms with Crippen molar-refractivity contribution < 1.29 is 14.7 Å². The number of carboxylic acid groups (broad SMARTS) is 1. The van der Waals surface area contributed by atoms with Crippen LogP contribution in [0.5, 0.6) is 0 Å². The van der Waals surface area contributed by atoms with Crippen molar-refractivity contribution >= 4 is 28.7 Å². The molecule has 2 aromatic rings. The van der Waals surface area contributed by atoms with Gasteiger partial charge in [0.15, 0.2) is 5.78 Å². The molecule has 1 aliphatic carbocycles. The summed E-state index contributed by atoms with van der Waals surface area (Å²) in [6.07, 6.45) is 3.30. The van der Waals surface area contributed by atoms with Gasteiger partial charge in [-0.2, -0.15) is 0 Å². The number of hydrogen-bond donors (Lipinski definition) is 1.